The number of anilines is 2. The number of benzene rings is 2. The summed E-state index contributed by atoms with van der Waals surface area (Å²) in [4.78, 5) is 35.7. The molecule has 0 bridgehead atoms. The van der Waals surface area contributed by atoms with Gasteiger partial charge in [0.1, 0.15) is 63.9 Å². The summed E-state index contributed by atoms with van der Waals surface area (Å²) in [5.41, 5.74) is 14.6. The standard InChI is InChI=1S/C41H40N4O8/c1-4-21(2)40(50)52-31-18-29-36(49)34-30(48)17-25(20-46)51-38(34)35(37(29)53-41(31,3)14-12-22-8-11-32(42)45-19-22)33-26(23-6-5-7-24(47)16-23)9-10-28-27(33)13-15-44-39(28)43/h4-11,13,15-17,19,26,31,33,46-47,49H,12,14,18,20H2,1-3H3,(H2,42,45)(H2,43,44). The fourth-order valence-electron chi connectivity index (χ4n) is 7.37. The van der Waals surface area contributed by atoms with Crippen LogP contribution in [0.5, 0.6) is 17.2 Å². The van der Waals surface area contributed by atoms with Gasteiger partial charge in [-0.2, -0.15) is 0 Å². The predicted octanol–water partition coefficient (Wildman–Crippen LogP) is 5.80. The number of rotatable bonds is 8. The molecular formula is C41H40N4O8. The van der Waals surface area contributed by atoms with Gasteiger partial charge in [0.05, 0.1) is 0 Å². The third-order valence-corrected chi connectivity index (χ3v) is 10.4. The van der Waals surface area contributed by atoms with Crippen molar-refractivity contribution in [3.63, 3.8) is 0 Å². The van der Waals surface area contributed by atoms with Crippen molar-refractivity contribution < 1.29 is 34.0 Å². The van der Waals surface area contributed by atoms with Gasteiger partial charge in [0.15, 0.2) is 5.43 Å². The highest BCUT2D eigenvalue weighted by molar-refractivity contribution is 5.92. The van der Waals surface area contributed by atoms with E-state index >= 15 is 0 Å². The highest BCUT2D eigenvalue weighted by Gasteiger charge is 2.48. The first-order chi connectivity index (χ1) is 25.4. The molecule has 4 atom stereocenters. The normalized spacial score (nSPS) is 20.8. The molecule has 3 aromatic heterocycles. The Morgan fingerprint density at radius 1 is 1.13 bits per heavy atom. The van der Waals surface area contributed by atoms with Gasteiger partial charge in [0.2, 0.25) is 0 Å². The molecule has 12 nitrogen and oxygen atoms in total. The maximum Gasteiger partial charge on any atom is 0.333 e. The summed E-state index contributed by atoms with van der Waals surface area (Å²) in [5, 5.41) is 32.6. The Morgan fingerprint density at radius 2 is 1.94 bits per heavy atom. The van der Waals surface area contributed by atoms with E-state index in [1.54, 1.807) is 56.6 Å². The van der Waals surface area contributed by atoms with Crippen LogP contribution in [0.15, 0.2) is 87.9 Å². The summed E-state index contributed by atoms with van der Waals surface area (Å²) in [6.45, 7) is 4.66. The maximum atomic E-state index is 13.8. The van der Waals surface area contributed by atoms with Gasteiger partial charge >= 0.3 is 5.97 Å². The van der Waals surface area contributed by atoms with Gasteiger partial charge in [0.25, 0.3) is 0 Å². The smallest absolute Gasteiger partial charge is 0.333 e. The van der Waals surface area contributed by atoms with Crippen LogP contribution in [0.1, 0.15) is 78.2 Å². The molecule has 1 aliphatic heterocycles. The summed E-state index contributed by atoms with van der Waals surface area (Å²) >= 11 is 0. The van der Waals surface area contributed by atoms with Crippen molar-refractivity contribution in [1.82, 2.24) is 9.97 Å². The van der Waals surface area contributed by atoms with Crippen LogP contribution in [0.4, 0.5) is 11.6 Å². The fraction of sp³-hybridized carbons (Fsp3) is 0.268. The zero-order valence-corrected chi connectivity index (χ0v) is 29.5. The predicted molar refractivity (Wildman–Crippen MR) is 199 cm³/mol. The average molecular weight is 717 g/mol. The Balaban J connectivity index is 1.51. The second-order valence-electron chi connectivity index (χ2n) is 13.7. The second-order valence-corrected chi connectivity index (χ2v) is 13.7. The van der Waals surface area contributed by atoms with Crippen LogP contribution in [-0.4, -0.2) is 43.0 Å². The molecule has 4 heterocycles. The Hall–Kier alpha value is -6.14. The summed E-state index contributed by atoms with van der Waals surface area (Å²) in [5.74, 6) is -1.12. The topological polar surface area (TPSA) is 204 Å². The van der Waals surface area contributed by atoms with Crippen molar-refractivity contribution in [1.29, 1.82) is 0 Å². The number of esters is 1. The van der Waals surface area contributed by atoms with Crippen LogP contribution < -0.4 is 21.6 Å². The van der Waals surface area contributed by atoms with Crippen LogP contribution in [0.2, 0.25) is 0 Å². The van der Waals surface area contributed by atoms with E-state index in [2.05, 4.69) is 9.97 Å². The SMILES string of the molecule is CC=C(C)C(=O)OC1Cc2c(c(C3c4ccnc(N)c4C=CC3c3cccc(O)c3)c3oc(CO)cc(=O)c3c2O)OC1(C)CCc1ccc(N)nc1. The molecule has 0 radical (unpaired) electrons. The Labute approximate surface area is 305 Å². The summed E-state index contributed by atoms with van der Waals surface area (Å²) in [7, 11) is 0. The quantitative estimate of drug-likeness (QED) is 0.0955. The number of hydrogen-bond acceptors (Lipinski definition) is 12. The molecule has 4 unspecified atom stereocenters. The number of aromatic hydroxyl groups is 2. The number of hydrogen-bond donors (Lipinski definition) is 5. The van der Waals surface area contributed by atoms with E-state index in [1.165, 1.54) is 0 Å². The van der Waals surface area contributed by atoms with Crippen LogP contribution in [0, 0.1) is 0 Å². The average Bonchev–Trinajstić information content (AvgIpc) is 3.14. The largest absolute Gasteiger partial charge is 0.508 e. The minimum absolute atomic E-state index is 0.00475. The van der Waals surface area contributed by atoms with Crippen LogP contribution >= 0.6 is 0 Å². The molecule has 0 fully saturated rings. The summed E-state index contributed by atoms with van der Waals surface area (Å²) in [6, 6.07) is 13.4. The Bertz CT molecular complexity index is 2370. The first-order valence-corrected chi connectivity index (χ1v) is 17.3. The lowest BCUT2D eigenvalue weighted by atomic mass is 9.71. The number of allylic oxidation sites excluding steroid dienone is 2. The van der Waals surface area contributed by atoms with E-state index < -0.39 is 41.5 Å². The van der Waals surface area contributed by atoms with Crippen LogP contribution in [0.3, 0.4) is 0 Å². The van der Waals surface area contributed by atoms with Crippen molar-refractivity contribution in [3.8, 4) is 17.2 Å². The lowest BCUT2D eigenvalue weighted by molar-refractivity contribution is -0.158. The van der Waals surface area contributed by atoms with Crippen LogP contribution in [0.25, 0.3) is 17.0 Å². The Morgan fingerprint density at radius 3 is 2.66 bits per heavy atom. The first kappa shape index (κ1) is 35.3. The van der Waals surface area contributed by atoms with E-state index in [0.717, 1.165) is 22.8 Å². The van der Waals surface area contributed by atoms with Crippen molar-refractivity contribution in [2.24, 2.45) is 0 Å². The van der Waals surface area contributed by atoms with E-state index in [-0.39, 0.29) is 51.8 Å². The highest BCUT2D eigenvalue weighted by atomic mass is 16.6. The molecule has 0 saturated heterocycles. The third-order valence-electron chi connectivity index (χ3n) is 10.4. The van der Waals surface area contributed by atoms with Crippen molar-refractivity contribution in [2.45, 2.75) is 70.2 Å². The maximum absolute atomic E-state index is 13.8. The first-order valence-electron chi connectivity index (χ1n) is 17.3. The summed E-state index contributed by atoms with van der Waals surface area (Å²) < 4.78 is 19.5. The molecule has 0 amide bonds. The molecule has 2 aliphatic rings. The molecule has 12 heteroatoms. The number of aliphatic hydroxyl groups excluding tert-OH is 1. The van der Waals surface area contributed by atoms with Gasteiger partial charge < -0.3 is 40.7 Å². The molecule has 272 valence electrons. The van der Waals surface area contributed by atoms with Gasteiger partial charge in [0, 0.05) is 59.0 Å². The van der Waals surface area contributed by atoms with Crippen LogP contribution in [-0.2, 0) is 29.0 Å². The number of ether oxygens (including phenoxy) is 2. The highest BCUT2D eigenvalue weighted by Crippen LogP contribution is 2.55. The number of nitrogens with zero attached hydrogens (tertiary/aromatic N) is 2. The molecule has 5 aromatic rings. The minimum Gasteiger partial charge on any atom is -0.508 e. The molecule has 1 aliphatic carbocycles. The number of nitrogens with two attached hydrogens (primary N) is 2. The minimum atomic E-state index is -1.19. The van der Waals surface area contributed by atoms with Gasteiger partial charge in [-0.15, -0.1) is 0 Å². The van der Waals surface area contributed by atoms with Crippen molar-refractivity contribution in [2.75, 3.05) is 11.5 Å². The number of carbonyl (C=O) groups excluding carboxylic acids is 1. The number of carbonyl (C=O) groups is 1. The molecule has 7 N–H and O–H groups in total. The zero-order chi connectivity index (χ0) is 37.6. The lowest BCUT2D eigenvalue weighted by Gasteiger charge is -2.44. The number of fused-ring (bicyclic) bond motifs is 3. The number of aliphatic hydroxyl groups is 1. The number of phenolic OH excluding ortho intramolecular Hbond substituents is 2. The van der Waals surface area contributed by atoms with E-state index in [0.29, 0.717) is 35.4 Å². The lowest BCUT2D eigenvalue weighted by Crippen LogP contribution is -2.52. The van der Waals surface area contributed by atoms with E-state index in [4.69, 9.17) is 25.4 Å². The van der Waals surface area contributed by atoms with Gasteiger partial charge in [-0.05, 0) is 74.6 Å². The molecule has 7 rings (SSSR count). The number of nitrogen functional groups attached to an aromatic ring is 2. The van der Waals surface area contributed by atoms with E-state index in [9.17, 15) is 24.9 Å². The molecule has 0 spiro atoms. The van der Waals surface area contributed by atoms with Gasteiger partial charge in [-0.3, -0.25) is 4.79 Å². The van der Waals surface area contributed by atoms with Crippen molar-refractivity contribution in [3.05, 3.63) is 128 Å². The Kier molecular flexibility index (Phi) is 9.17. The number of aromatic nitrogens is 2. The monoisotopic (exact) mass is 716 g/mol. The summed E-state index contributed by atoms with van der Waals surface area (Å²) in [6.07, 6.45) is 8.65. The number of aryl methyl sites for hydroxylation is 1. The number of phenols is 2. The molecular weight excluding hydrogens is 676 g/mol. The fourth-order valence-corrected chi connectivity index (χ4v) is 7.37. The van der Waals surface area contributed by atoms with Gasteiger partial charge in [-0.25, -0.2) is 14.8 Å². The third kappa shape index (κ3) is 6.35. The number of pyridine rings is 2. The molecule has 2 aromatic carbocycles. The van der Waals surface area contributed by atoms with Crippen molar-refractivity contribution >= 4 is 34.7 Å². The molecule has 0 saturated carbocycles. The van der Waals surface area contributed by atoms with E-state index in [1.807, 2.05) is 37.3 Å². The van der Waals surface area contributed by atoms with Gasteiger partial charge in [-0.1, -0.05) is 36.4 Å². The molecule has 53 heavy (non-hydrogen) atoms. The zero-order valence-electron chi connectivity index (χ0n) is 29.5. The second kappa shape index (κ2) is 13.8.